The number of aliphatic hydroxyl groups excluding tert-OH is 2. The Kier molecular flexibility index (Phi) is 46.5. The van der Waals surface area contributed by atoms with Crippen LogP contribution in [-0.2, 0) is 4.79 Å². The number of hydrogen-bond donors (Lipinski definition) is 3. The first kappa shape index (κ1) is 56.3. The second-order valence-corrected chi connectivity index (χ2v) is 15.4. The van der Waals surface area contributed by atoms with Crippen molar-refractivity contribution in [1.29, 1.82) is 0 Å². The molecule has 0 aliphatic heterocycles. The number of unbranched alkanes of at least 4 members (excludes halogenated alkanes) is 12. The molecule has 0 aliphatic rings. The minimum absolute atomic E-state index is 0.107. The molecule has 4 heteroatoms. The lowest BCUT2D eigenvalue weighted by molar-refractivity contribution is -0.123. The topological polar surface area (TPSA) is 69.6 Å². The quantitative estimate of drug-likeness (QED) is 0.0425. The summed E-state index contributed by atoms with van der Waals surface area (Å²) < 4.78 is 0. The average molecular weight is 824 g/mol. The van der Waals surface area contributed by atoms with E-state index in [1.54, 1.807) is 6.08 Å². The van der Waals surface area contributed by atoms with Crippen LogP contribution in [0, 0.1) is 0 Å². The number of rotatable bonds is 41. The first-order valence-electron chi connectivity index (χ1n) is 24.0. The molecule has 0 fully saturated rings. The highest BCUT2D eigenvalue weighted by Crippen LogP contribution is 2.10. The van der Waals surface area contributed by atoms with E-state index in [2.05, 4.69) is 153 Å². The fraction of sp³-hybridized carbons (Fsp3) is 0.554. The Hall–Kier alpha value is -3.73. The van der Waals surface area contributed by atoms with Gasteiger partial charge in [-0.25, -0.2) is 0 Å². The van der Waals surface area contributed by atoms with Crippen LogP contribution in [0.1, 0.15) is 181 Å². The van der Waals surface area contributed by atoms with Crippen molar-refractivity contribution < 1.29 is 15.0 Å². The monoisotopic (exact) mass is 824 g/mol. The largest absolute Gasteiger partial charge is 0.394 e. The van der Waals surface area contributed by atoms with E-state index in [9.17, 15) is 15.0 Å². The molecule has 0 aliphatic carbocycles. The molecule has 3 N–H and O–H groups in total. The van der Waals surface area contributed by atoms with E-state index >= 15 is 0 Å². The third-order valence-corrected chi connectivity index (χ3v) is 9.81. The lowest BCUT2D eigenvalue weighted by Gasteiger charge is -2.19. The maximum absolute atomic E-state index is 12.4. The third kappa shape index (κ3) is 45.4. The molecule has 0 rings (SSSR count). The lowest BCUT2D eigenvalue weighted by atomic mass is 10.1. The van der Waals surface area contributed by atoms with Crippen molar-refractivity contribution >= 4 is 5.91 Å². The van der Waals surface area contributed by atoms with Gasteiger partial charge in [0.05, 0.1) is 18.8 Å². The first-order chi connectivity index (χ1) is 29.7. The number of carbonyl (C=O) groups is 1. The second-order valence-electron chi connectivity index (χ2n) is 15.4. The van der Waals surface area contributed by atoms with Gasteiger partial charge in [-0.05, 0) is 109 Å². The molecule has 0 spiro atoms. The summed E-state index contributed by atoms with van der Waals surface area (Å²) in [5, 5.41) is 22.9. The van der Waals surface area contributed by atoms with Crippen LogP contribution in [0.3, 0.4) is 0 Å². The molecule has 0 aromatic heterocycles. The van der Waals surface area contributed by atoms with E-state index in [1.165, 1.54) is 44.9 Å². The standard InChI is InChI=1S/C56H89NO3/c1-3-5-7-9-11-13-15-17-18-19-20-21-22-23-24-25-26-27-28-29-30-31-32-33-34-35-36-37-38-40-42-44-46-48-50-52-56(60)57-54(53-58)55(59)51-49-47-45-43-41-39-16-14-12-10-8-6-4-2/h5,7,11,13,17-18,20-21,23-24,26-27,29-30,32-33,35-36,38,40-41,43,49,51,54-55,58-59H,3-4,6,8-10,12,14-16,19,22,25,28,31,34,37,39,42,44-48,50,52-53H2,1-2H3,(H,57,60)/b7-5-,13-11-,18-17-,21-20-,24-23-,27-26-,30-29-,33-32-,36-35-,40-38-,43-41+,51-49+. The van der Waals surface area contributed by atoms with Crippen LogP contribution >= 0.6 is 0 Å². The molecule has 2 atom stereocenters. The van der Waals surface area contributed by atoms with Gasteiger partial charge in [-0.2, -0.15) is 0 Å². The zero-order valence-corrected chi connectivity index (χ0v) is 38.4. The normalized spacial score (nSPS) is 14.3. The molecule has 60 heavy (non-hydrogen) atoms. The summed E-state index contributed by atoms with van der Waals surface area (Å²) in [4.78, 5) is 12.4. The lowest BCUT2D eigenvalue weighted by Crippen LogP contribution is -2.45. The Balaban J connectivity index is 3.75. The number of carbonyl (C=O) groups excluding carboxylic acids is 1. The summed E-state index contributed by atoms with van der Waals surface area (Å²) in [5.74, 6) is -0.107. The molecule has 2 unspecified atom stereocenters. The van der Waals surface area contributed by atoms with Crippen molar-refractivity contribution in [2.24, 2.45) is 0 Å². The summed E-state index contributed by atoms with van der Waals surface area (Å²) in [6.07, 6.45) is 79.6. The fourth-order valence-electron chi connectivity index (χ4n) is 6.16. The molecular formula is C56H89NO3. The number of nitrogens with one attached hydrogen (secondary N) is 1. The van der Waals surface area contributed by atoms with Gasteiger partial charge in [0.1, 0.15) is 0 Å². The van der Waals surface area contributed by atoms with Crippen molar-refractivity contribution in [2.75, 3.05) is 6.61 Å². The van der Waals surface area contributed by atoms with Crippen LogP contribution in [0.25, 0.3) is 0 Å². The summed E-state index contributed by atoms with van der Waals surface area (Å²) in [7, 11) is 0. The highest BCUT2D eigenvalue weighted by Gasteiger charge is 2.17. The highest BCUT2D eigenvalue weighted by atomic mass is 16.3. The molecule has 4 nitrogen and oxygen atoms in total. The predicted octanol–water partition coefficient (Wildman–Crippen LogP) is 15.7. The maximum atomic E-state index is 12.4. The Morgan fingerprint density at radius 2 is 0.750 bits per heavy atom. The summed E-state index contributed by atoms with van der Waals surface area (Å²) in [6.45, 7) is 4.14. The van der Waals surface area contributed by atoms with Crippen molar-refractivity contribution in [3.8, 4) is 0 Å². The van der Waals surface area contributed by atoms with Gasteiger partial charge >= 0.3 is 0 Å². The van der Waals surface area contributed by atoms with Crippen molar-refractivity contribution in [2.45, 2.75) is 193 Å². The van der Waals surface area contributed by atoms with Gasteiger partial charge in [-0.3, -0.25) is 4.79 Å². The summed E-state index contributed by atoms with van der Waals surface area (Å²) in [6, 6.07) is -0.663. The van der Waals surface area contributed by atoms with Crippen molar-refractivity contribution in [3.63, 3.8) is 0 Å². The minimum Gasteiger partial charge on any atom is -0.394 e. The number of aliphatic hydroxyl groups is 2. The molecule has 0 aromatic carbocycles. The van der Waals surface area contributed by atoms with Gasteiger partial charge < -0.3 is 15.5 Å². The molecule has 0 saturated carbocycles. The van der Waals surface area contributed by atoms with Crippen molar-refractivity contribution in [1.82, 2.24) is 5.32 Å². The minimum atomic E-state index is -0.883. The van der Waals surface area contributed by atoms with Gasteiger partial charge in [-0.15, -0.1) is 0 Å². The molecular weight excluding hydrogens is 735 g/mol. The van der Waals surface area contributed by atoms with Gasteiger partial charge in [0.25, 0.3) is 0 Å². The summed E-state index contributed by atoms with van der Waals surface area (Å²) >= 11 is 0. The fourth-order valence-corrected chi connectivity index (χ4v) is 6.16. The summed E-state index contributed by atoms with van der Waals surface area (Å²) in [5.41, 5.74) is 0. The number of allylic oxidation sites excluding steroid dienone is 23. The van der Waals surface area contributed by atoms with E-state index in [0.717, 1.165) is 116 Å². The van der Waals surface area contributed by atoms with E-state index in [4.69, 9.17) is 0 Å². The van der Waals surface area contributed by atoms with Crippen LogP contribution in [-0.4, -0.2) is 34.9 Å². The predicted molar refractivity (Wildman–Crippen MR) is 266 cm³/mol. The Labute approximate surface area is 370 Å². The van der Waals surface area contributed by atoms with Crippen LogP contribution in [0.2, 0.25) is 0 Å². The van der Waals surface area contributed by atoms with Crippen LogP contribution in [0.5, 0.6) is 0 Å². The van der Waals surface area contributed by atoms with Crippen LogP contribution in [0.15, 0.2) is 146 Å². The number of hydrogen-bond acceptors (Lipinski definition) is 3. The van der Waals surface area contributed by atoms with Gasteiger partial charge in [0, 0.05) is 6.42 Å². The maximum Gasteiger partial charge on any atom is 0.220 e. The molecule has 0 radical (unpaired) electrons. The Bertz CT molecular complexity index is 1300. The zero-order chi connectivity index (χ0) is 43.5. The molecule has 0 heterocycles. The first-order valence-corrected chi connectivity index (χ1v) is 24.0. The van der Waals surface area contributed by atoms with E-state index in [0.29, 0.717) is 6.42 Å². The van der Waals surface area contributed by atoms with Crippen LogP contribution in [0.4, 0.5) is 0 Å². The van der Waals surface area contributed by atoms with Gasteiger partial charge in [-0.1, -0.05) is 211 Å². The van der Waals surface area contributed by atoms with Gasteiger partial charge in [0.2, 0.25) is 5.91 Å². The van der Waals surface area contributed by atoms with Crippen molar-refractivity contribution in [3.05, 3.63) is 146 Å². The SMILES string of the molecule is CC/C=C\C/C=C\C/C=C\C/C=C\C/C=C\C/C=C\C/C=C\C/C=C\C/C=C\C/C=C\CCCCCCC(=O)NC(CO)C(O)/C=C/CC/C=C/CCCCCCCCC. The Morgan fingerprint density at radius 3 is 1.17 bits per heavy atom. The molecule has 0 saturated heterocycles. The molecule has 0 aromatic rings. The molecule has 1 amide bonds. The Morgan fingerprint density at radius 1 is 0.417 bits per heavy atom. The smallest absolute Gasteiger partial charge is 0.220 e. The molecule has 0 bridgehead atoms. The average Bonchev–Trinajstić information content (AvgIpc) is 3.25. The van der Waals surface area contributed by atoms with Crippen LogP contribution < -0.4 is 5.32 Å². The highest BCUT2D eigenvalue weighted by molar-refractivity contribution is 5.76. The molecule has 336 valence electrons. The van der Waals surface area contributed by atoms with E-state index in [1.807, 2.05) is 6.08 Å². The van der Waals surface area contributed by atoms with Gasteiger partial charge in [0.15, 0.2) is 0 Å². The third-order valence-electron chi connectivity index (χ3n) is 9.81. The number of amides is 1. The van der Waals surface area contributed by atoms with E-state index in [-0.39, 0.29) is 12.5 Å². The second kappa shape index (κ2) is 49.6. The zero-order valence-electron chi connectivity index (χ0n) is 38.4. The van der Waals surface area contributed by atoms with E-state index < -0.39 is 12.1 Å².